The van der Waals surface area contributed by atoms with Crippen LogP contribution in [0.1, 0.15) is 11.5 Å². The molecule has 0 aliphatic heterocycles. The Bertz CT molecular complexity index is 1000. The molecule has 0 radical (unpaired) electrons. The SMILES string of the molecule is O=C(Cc1c[nH]c2ccccc12)OCc1ncc(-c2ccccc2)o1. The Kier molecular flexibility index (Phi) is 4.04. The van der Waals surface area contributed by atoms with Crippen molar-refractivity contribution >= 4 is 16.9 Å². The van der Waals surface area contributed by atoms with Crippen LogP contribution in [0.3, 0.4) is 0 Å². The van der Waals surface area contributed by atoms with Gasteiger partial charge in [0.15, 0.2) is 12.4 Å². The molecule has 2 aromatic carbocycles. The van der Waals surface area contributed by atoms with E-state index in [-0.39, 0.29) is 19.0 Å². The first kappa shape index (κ1) is 15.2. The maximum absolute atomic E-state index is 12.1. The van der Waals surface area contributed by atoms with Gasteiger partial charge in [-0.3, -0.25) is 4.79 Å². The normalized spacial score (nSPS) is 10.9. The molecule has 0 aliphatic rings. The van der Waals surface area contributed by atoms with Crippen molar-refractivity contribution in [1.29, 1.82) is 0 Å². The van der Waals surface area contributed by atoms with E-state index < -0.39 is 0 Å². The Morgan fingerprint density at radius 3 is 2.76 bits per heavy atom. The molecule has 0 aliphatic carbocycles. The summed E-state index contributed by atoms with van der Waals surface area (Å²) in [5.74, 6) is 0.721. The quantitative estimate of drug-likeness (QED) is 0.559. The van der Waals surface area contributed by atoms with Crippen LogP contribution in [0, 0.1) is 0 Å². The van der Waals surface area contributed by atoms with Crippen molar-refractivity contribution in [1.82, 2.24) is 9.97 Å². The van der Waals surface area contributed by atoms with Crippen LogP contribution in [-0.2, 0) is 22.6 Å². The van der Waals surface area contributed by atoms with Gasteiger partial charge in [0.2, 0.25) is 5.89 Å². The van der Waals surface area contributed by atoms with Gasteiger partial charge in [-0.25, -0.2) is 4.98 Å². The van der Waals surface area contributed by atoms with E-state index >= 15 is 0 Å². The second-order valence-corrected chi connectivity index (χ2v) is 5.68. The van der Waals surface area contributed by atoms with Crippen molar-refractivity contribution in [2.24, 2.45) is 0 Å². The molecule has 4 rings (SSSR count). The summed E-state index contributed by atoms with van der Waals surface area (Å²) in [5, 5.41) is 1.03. The highest BCUT2D eigenvalue weighted by Crippen LogP contribution is 2.21. The summed E-state index contributed by atoms with van der Waals surface area (Å²) < 4.78 is 10.9. The Labute approximate surface area is 144 Å². The number of carbonyl (C=O) groups is 1. The number of carbonyl (C=O) groups excluding carboxylic acids is 1. The van der Waals surface area contributed by atoms with Gasteiger partial charge >= 0.3 is 5.97 Å². The molecule has 0 bridgehead atoms. The minimum atomic E-state index is -0.316. The largest absolute Gasteiger partial charge is 0.455 e. The number of ether oxygens (including phenoxy) is 1. The molecule has 0 amide bonds. The average Bonchev–Trinajstić information content (AvgIpc) is 3.28. The van der Waals surface area contributed by atoms with Gasteiger partial charge in [-0.15, -0.1) is 0 Å². The number of aromatic nitrogens is 2. The molecule has 124 valence electrons. The zero-order valence-electron chi connectivity index (χ0n) is 13.4. The molecule has 0 spiro atoms. The number of fused-ring (bicyclic) bond motifs is 1. The molecule has 5 nitrogen and oxygen atoms in total. The van der Waals surface area contributed by atoms with Gasteiger partial charge in [-0.2, -0.15) is 0 Å². The Balaban J connectivity index is 1.38. The topological polar surface area (TPSA) is 68.1 Å². The van der Waals surface area contributed by atoms with E-state index in [1.54, 1.807) is 6.20 Å². The van der Waals surface area contributed by atoms with E-state index in [1.165, 1.54) is 0 Å². The van der Waals surface area contributed by atoms with Gasteiger partial charge in [0, 0.05) is 22.7 Å². The Morgan fingerprint density at radius 1 is 1.08 bits per heavy atom. The summed E-state index contributed by atoms with van der Waals surface area (Å²) in [5.41, 5.74) is 2.86. The minimum Gasteiger partial charge on any atom is -0.455 e. The fraction of sp³-hybridized carbons (Fsp3) is 0.100. The number of oxazole rings is 1. The van der Waals surface area contributed by atoms with Gasteiger partial charge < -0.3 is 14.1 Å². The number of hydrogen-bond acceptors (Lipinski definition) is 4. The molecule has 2 heterocycles. The van der Waals surface area contributed by atoms with Gasteiger partial charge in [0.05, 0.1) is 12.6 Å². The zero-order valence-corrected chi connectivity index (χ0v) is 13.4. The summed E-state index contributed by atoms with van der Waals surface area (Å²) in [6, 6.07) is 17.5. The molecular weight excluding hydrogens is 316 g/mol. The Morgan fingerprint density at radius 2 is 1.88 bits per heavy atom. The predicted molar refractivity (Wildman–Crippen MR) is 93.7 cm³/mol. The van der Waals surface area contributed by atoms with E-state index in [1.807, 2.05) is 60.8 Å². The van der Waals surface area contributed by atoms with Crippen LogP contribution < -0.4 is 0 Å². The molecule has 1 N–H and O–H groups in total. The third kappa shape index (κ3) is 3.30. The smallest absolute Gasteiger partial charge is 0.310 e. The average molecular weight is 332 g/mol. The summed E-state index contributed by atoms with van der Waals surface area (Å²) in [7, 11) is 0. The van der Waals surface area contributed by atoms with Crippen LogP contribution in [-0.4, -0.2) is 15.9 Å². The van der Waals surface area contributed by atoms with Crippen molar-refractivity contribution in [3.8, 4) is 11.3 Å². The lowest BCUT2D eigenvalue weighted by molar-refractivity contribution is -0.144. The van der Waals surface area contributed by atoms with E-state index in [9.17, 15) is 4.79 Å². The first-order valence-electron chi connectivity index (χ1n) is 8.00. The molecule has 0 unspecified atom stereocenters. The number of nitrogens with zero attached hydrogens (tertiary/aromatic N) is 1. The Hall–Kier alpha value is -3.34. The standard InChI is InChI=1S/C20H16N2O3/c23-20(10-15-11-21-17-9-5-4-8-16(15)17)24-13-19-22-12-18(25-19)14-6-2-1-3-7-14/h1-9,11-12,21H,10,13H2. The second-order valence-electron chi connectivity index (χ2n) is 5.68. The maximum atomic E-state index is 12.1. The van der Waals surface area contributed by atoms with Gasteiger partial charge in [-0.05, 0) is 11.6 Å². The number of esters is 1. The summed E-state index contributed by atoms with van der Waals surface area (Å²) in [6.45, 7) is 0.0218. The van der Waals surface area contributed by atoms with Crippen LogP contribution in [0.4, 0.5) is 0 Å². The minimum absolute atomic E-state index is 0.0218. The van der Waals surface area contributed by atoms with Crippen LogP contribution in [0.2, 0.25) is 0 Å². The highest BCUT2D eigenvalue weighted by Gasteiger charge is 2.12. The molecule has 0 saturated carbocycles. The van der Waals surface area contributed by atoms with Gasteiger partial charge in [-0.1, -0.05) is 48.5 Å². The lowest BCUT2D eigenvalue weighted by atomic mass is 10.1. The van der Waals surface area contributed by atoms with Gasteiger partial charge in [0.25, 0.3) is 0 Å². The van der Waals surface area contributed by atoms with Crippen LogP contribution in [0.15, 0.2) is 71.4 Å². The number of para-hydroxylation sites is 1. The van der Waals surface area contributed by atoms with Crippen molar-refractivity contribution < 1.29 is 13.9 Å². The molecule has 2 aromatic heterocycles. The van der Waals surface area contributed by atoms with Gasteiger partial charge in [0.1, 0.15) is 0 Å². The van der Waals surface area contributed by atoms with Crippen LogP contribution in [0.25, 0.3) is 22.2 Å². The molecule has 25 heavy (non-hydrogen) atoms. The van der Waals surface area contributed by atoms with E-state index in [0.717, 1.165) is 22.0 Å². The molecular formula is C20H16N2O3. The number of aromatic amines is 1. The van der Waals surface area contributed by atoms with Crippen molar-refractivity contribution in [3.05, 3.63) is 78.4 Å². The maximum Gasteiger partial charge on any atom is 0.310 e. The number of hydrogen-bond donors (Lipinski definition) is 1. The highest BCUT2D eigenvalue weighted by molar-refractivity contribution is 5.87. The zero-order chi connectivity index (χ0) is 17.1. The number of nitrogens with one attached hydrogen (secondary N) is 1. The predicted octanol–water partition coefficient (Wildman–Crippen LogP) is 4.11. The third-order valence-corrected chi connectivity index (χ3v) is 3.98. The van der Waals surface area contributed by atoms with Crippen LogP contribution in [0.5, 0.6) is 0 Å². The number of H-pyrrole nitrogens is 1. The molecule has 0 saturated heterocycles. The third-order valence-electron chi connectivity index (χ3n) is 3.98. The fourth-order valence-corrected chi connectivity index (χ4v) is 2.74. The lowest BCUT2D eigenvalue weighted by Gasteiger charge is -2.02. The molecule has 0 fully saturated rings. The van der Waals surface area contributed by atoms with Crippen molar-refractivity contribution in [2.75, 3.05) is 0 Å². The number of benzene rings is 2. The highest BCUT2D eigenvalue weighted by atomic mass is 16.5. The molecule has 0 atom stereocenters. The summed E-state index contributed by atoms with van der Waals surface area (Å²) >= 11 is 0. The first-order chi connectivity index (χ1) is 12.3. The fourth-order valence-electron chi connectivity index (χ4n) is 2.74. The summed E-state index contributed by atoms with van der Waals surface area (Å²) in [6.07, 6.45) is 3.68. The molecule has 4 aromatic rings. The monoisotopic (exact) mass is 332 g/mol. The summed E-state index contributed by atoms with van der Waals surface area (Å²) in [4.78, 5) is 19.4. The van der Waals surface area contributed by atoms with Crippen molar-refractivity contribution in [2.45, 2.75) is 13.0 Å². The van der Waals surface area contributed by atoms with E-state index in [0.29, 0.717) is 11.7 Å². The van der Waals surface area contributed by atoms with E-state index in [2.05, 4.69) is 9.97 Å². The van der Waals surface area contributed by atoms with Crippen LogP contribution >= 0.6 is 0 Å². The number of rotatable bonds is 5. The first-order valence-corrected chi connectivity index (χ1v) is 8.00. The van der Waals surface area contributed by atoms with Crippen molar-refractivity contribution in [3.63, 3.8) is 0 Å². The second kappa shape index (κ2) is 6.65. The van der Waals surface area contributed by atoms with E-state index in [4.69, 9.17) is 9.15 Å². The lowest BCUT2D eigenvalue weighted by Crippen LogP contribution is -2.07. The molecule has 5 heteroatoms.